The molecule has 0 bridgehead atoms. The highest BCUT2D eigenvalue weighted by molar-refractivity contribution is 5.45. The molecule has 0 aromatic heterocycles. The molecule has 0 unspecified atom stereocenters. The Morgan fingerprint density at radius 3 is 1.84 bits per heavy atom. The fraction of sp³-hybridized carbons (Fsp3) is 0.450. The molecule has 0 aromatic carbocycles. The highest BCUT2D eigenvalue weighted by Crippen LogP contribution is 2.41. The standard InChI is InChI=1S/C40H54O3/c1-28(17-13-19-30(3)21-23-35-32(5)25-34(41)26-39(35,7)8)15-11-12-16-29(2)18-14-20-31(4)22-24-36-33(6)38(43)37(42)27-40(36,9)10/h11-20,22,24,34,37-38,41-43H,25-27H2,1-10H3/b12-11+,17-13+,18-14+,24-22+,28-15+,29-16+,30-19+,31-20+/t34-,37+,38-/m1/s1. The number of rotatable bonds is 8. The Morgan fingerprint density at radius 1 is 0.721 bits per heavy atom. The van der Waals surface area contributed by atoms with Gasteiger partial charge in [0.2, 0.25) is 0 Å². The summed E-state index contributed by atoms with van der Waals surface area (Å²) in [5.41, 5.74) is 8.45. The third-order valence-electron chi connectivity index (χ3n) is 8.22. The van der Waals surface area contributed by atoms with E-state index in [0.717, 1.165) is 45.4 Å². The maximum absolute atomic E-state index is 10.3. The minimum atomic E-state index is -0.794. The number of allylic oxidation sites excluding steroid dienone is 18. The van der Waals surface area contributed by atoms with Crippen LogP contribution in [0.1, 0.15) is 88.5 Å². The van der Waals surface area contributed by atoms with Crippen molar-refractivity contribution in [3.63, 3.8) is 0 Å². The van der Waals surface area contributed by atoms with Gasteiger partial charge in [0.1, 0.15) is 6.10 Å². The van der Waals surface area contributed by atoms with E-state index in [2.05, 4.69) is 110 Å². The van der Waals surface area contributed by atoms with Crippen molar-refractivity contribution in [3.05, 3.63) is 117 Å². The van der Waals surface area contributed by atoms with Gasteiger partial charge in [-0.1, -0.05) is 135 Å². The Labute approximate surface area is 261 Å². The van der Waals surface area contributed by atoms with Gasteiger partial charge in [-0.05, 0) is 82.9 Å². The van der Waals surface area contributed by atoms with Crippen LogP contribution in [0.25, 0.3) is 0 Å². The topological polar surface area (TPSA) is 60.7 Å². The molecule has 0 aromatic rings. The van der Waals surface area contributed by atoms with Crippen molar-refractivity contribution in [3.8, 4) is 11.8 Å². The van der Waals surface area contributed by atoms with E-state index in [1.54, 1.807) is 0 Å². The summed E-state index contributed by atoms with van der Waals surface area (Å²) in [7, 11) is 0. The van der Waals surface area contributed by atoms with Crippen LogP contribution in [0, 0.1) is 22.7 Å². The summed E-state index contributed by atoms with van der Waals surface area (Å²) in [5.74, 6) is 6.66. The molecule has 0 saturated carbocycles. The molecule has 3 atom stereocenters. The molecular weight excluding hydrogens is 528 g/mol. The molecule has 0 saturated heterocycles. The molecule has 0 spiro atoms. The first-order valence-electron chi connectivity index (χ1n) is 15.4. The second kappa shape index (κ2) is 16.1. The van der Waals surface area contributed by atoms with Crippen molar-refractivity contribution >= 4 is 0 Å². The molecule has 0 fully saturated rings. The molecule has 2 aliphatic rings. The van der Waals surface area contributed by atoms with Crippen LogP contribution in [0.2, 0.25) is 0 Å². The molecule has 43 heavy (non-hydrogen) atoms. The first-order valence-corrected chi connectivity index (χ1v) is 15.4. The molecule has 2 rings (SSSR count). The van der Waals surface area contributed by atoms with E-state index in [4.69, 9.17) is 0 Å². The second-order valence-corrected chi connectivity index (χ2v) is 13.6. The number of hydrogen-bond donors (Lipinski definition) is 3. The van der Waals surface area contributed by atoms with Crippen LogP contribution in [-0.2, 0) is 0 Å². The van der Waals surface area contributed by atoms with Crippen LogP contribution in [0.4, 0.5) is 0 Å². The van der Waals surface area contributed by atoms with Gasteiger partial charge in [0.05, 0.1) is 12.2 Å². The van der Waals surface area contributed by atoms with Crippen LogP contribution in [0.5, 0.6) is 0 Å². The smallest absolute Gasteiger partial charge is 0.101 e. The minimum absolute atomic E-state index is 0.0893. The zero-order valence-electron chi connectivity index (χ0n) is 28.1. The Hall–Kier alpha value is -3.16. The third-order valence-corrected chi connectivity index (χ3v) is 8.22. The summed E-state index contributed by atoms with van der Waals surface area (Å²) in [6, 6.07) is 0. The zero-order valence-corrected chi connectivity index (χ0v) is 28.1. The first-order chi connectivity index (χ1) is 20.0. The highest BCUT2D eigenvalue weighted by atomic mass is 16.3. The molecule has 232 valence electrons. The fourth-order valence-electron chi connectivity index (χ4n) is 5.85. The van der Waals surface area contributed by atoms with Crippen molar-refractivity contribution in [2.24, 2.45) is 10.8 Å². The Morgan fingerprint density at radius 2 is 1.26 bits per heavy atom. The minimum Gasteiger partial charge on any atom is -0.393 e. The summed E-state index contributed by atoms with van der Waals surface area (Å²) < 4.78 is 0. The predicted molar refractivity (Wildman–Crippen MR) is 184 cm³/mol. The lowest BCUT2D eigenvalue weighted by molar-refractivity contribution is 0.00686. The van der Waals surface area contributed by atoms with Crippen LogP contribution < -0.4 is 0 Å². The Kier molecular flexibility index (Phi) is 13.5. The van der Waals surface area contributed by atoms with Gasteiger partial charge in [-0.3, -0.25) is 0 Å². The Balaban J connectivity index is 1.94. The number of aliphatic hydroxyl groups excluding tert-OH is 3. The predicted octanol–water partition coefficient (Wildman–Crippen LogP) is 8.97. The van der Waals surface area contributed by atoms with Gasteiger partial charge >= 0.3 is 0 Å². The second-order valence-electron chi connectivity index (χ2n) is 13.6. The van der Waals surface area contributed by atoms with E-state index in [9.17, 15) is 15.3 Å². The van der Waals surface area contributed by atoms with Gasteiger partial charge in [0, 0.05) is 11.0 Å². The molecular formula is C40H54O3. The quantitative estimate of drug-likeness (QED) is 0.198. The van der Waals surface area contributed by atoms with Gasteiger partial charge in [0.15, 0.2) is 0 Å². The van der Waals surface area contributed by atoms with Crippen molar-refractivity contribution in [1.82, 2.24) is 0 Å². The summed E-state index contributed by atoms with van der Waals surface area (Å²) in [5, 5.41) is 30.5. The van der Waals surface area contributed by atoms with Gasteiger partial charge in [-0.25, -0.2) is 0 Å². The molecule has 0 amide bonds. The van der Waals surface area contributed by atoms with Crippen molar-refractivity contribution in [2.75, 3.05) is 0 Å². The lowest BCUT2D eigenvalue weighted by atomic mass is 9.70. The average Bonchev–Trinajstić information content (AvgIpc) is 2.88. The van der Waals surface area contributed by atoms with Crippen molar-refractivity contribution in [1.29, 1.82) is 0 Å². The molecule has 0 radical (unpaired) electrons. The molecule has 0 heterocycles. The van der Waals surface area contributed by atoms with E-state index < -0.39 is 12.2 Å². The van der Waals surface area contributed by atoms with Crippen LogP contribution in [0.15, 0.2) is 117 Å². The molecule has 2 aliphatic carbocycles. The molecule has 3 nitrogen and oxygen atoms in total. The number of hydrogen-bond acceptors (Lipinski definition) is 3. The molecule has 3 N–H and O–H groups in total. The number of aliphatic hydroxyl groups is 3. The fourth-order valence-corrected chi connectivity index (χ4v) is 5.85. The van der Waals surface area contributed by atoms with Crippen LogP contribution in [0.3, 0.4) is 0 Å². The maximum atomic E-state index is 10.3. The zero-order chi connectivity index (χ0) is 32.4. The van der Waals surface area contributed by atoms with Crippen molar-refractivity contribution in [2.45, 2.75) is 107 Å². The van der Waals surface area contributed by atoms with Gasteiger partial charge in [-0.15, -0.1) is 0 Å². The van der Waals surface area contributed by atoms with Crippen LogP contribution >= 0.6 is 0 Å². The van der Waals surface area contributed by atoms with E-state index in [0.29, 0.717) is 12.8 Å². The average molecular weight is 583 g/mol. The molecule has 0 aliphatic heterocycles. The van der Waals surface area contributed by atoms with Gasteiger partial charge < -0.3 is 15.3 Å². The highest BCUT2D eigenvalue weighted by Gasteiger charge is 2.36. The largest absolute Gasteiger partial charge is 0.393 e. The summed E-state index contributed by atoms with van der Waals surface area (Å²) in [6.07, 6.45) is 25.0. The van der Waals surface area contributed by atoms with E-state index in [1.165, 1.54) is 5.57 Å². The van der Waals surface area contributed by atoms with Gasteiger partial charge in [-0.2, -0.15) is 0 Å². The lowest BCUT2D eigenvalue weighted by Crippen LogP contribution is -2.38. The normalized spacial score (nSPS) is 25.9. The first kappa shape index (κ1) is 36.0. The maximum Gasteiger partial charge on any atom is 0.101 e. The third kappa shape index (κ3) is 11.5. The van der Waals surface area contributed by atoms with E-state index in [1.807, 2.05) is 44.2 Å². The monoisotopic (exact) mass is 582 g/mol. The van der Waals surface area contributed by atoms with E-state index >= 15 is 0 Å². The molecule has 3 heteroatoms. The van der Waals surface area contributed by atoms with Gasteiger partial charge in [0.25, 0.3) is 0 Å². The summed E-state index contributed by atoms with van der Waals surface area (Å²) in [4.78, 5) is 0. The lowest BCUT2D eigenvalue weighted by Gasteiger charge is -2.38. The van der Waals surface area contributed by atoms with Crippen LogP contribution in [-0.4, -0.2) is 33.6 Å². The SMILES string of the molecule is CC1=C(C#C/C(C)=C/C=C/C(C)=C/C=C/C=C(C)/C=C/C=C(C)/C=C/C2=C(C)[C@@H](O)[C@@H](O)CC2(C)C)C(C)(C)C[C@H](O)C1. The summed E-state index contributed by atoms with van der Waals surface area (Å²) >= 11 is 0. The summed E-state index contributed by atoms with van der Waals surface area (Å²) in [6.45, 7) is 20.8. The Bertz CT molecular complexity index is 1380. The van der Waals surface area contributed by atoms with E-state index in [-0.39, 0.29) is 16.9 Å². The van der Waals surface area contributed by atoms with Crippen molar-refractivity contribution < 1.29 is 15.3 Å².